The van der Waals surface area contributed by atoms with Crippen LogP contribution in [0.2, 0.25) is 0 Å². The van der Waals surface area contributed by atoms with Crippen molar-refractivity contribution in [3.8, 4) is 0 Å². The molecule has 2 atom stereocenters. The number of cyclic esters (lactones) is 1. The highest BCUT2D eigenvalue weighted by molar-refractivity contribution is 5.69. The van der Waals surface area contributed by atoms with Crippen molar-refractivity contribution in [2.75, 3.05) is 19.7 Å². The van der Waals surface area contributed by atoms with Crippen molar-refractivity contribution in [1.82, 2.24) is 4.90 Å². The molecule has 17 heavy (non-hydrogen) atoms. The molecule has 2 rings (SSSR count). The predicted octanol–water partition coefficient (Wildman–Crippen LogP) is 1.77. The number of carbonyl (C=O) groups is 1. The molecule has 0 bridgehead atoms. The minimum atomic E-state index is -0.244. The minimum absolute atomic E-state index is 0.0260. The smallest absolute Gasteiger partial charge is 0.410 e. The molecular formula is C13H18N2O2. The summed E-state index contributed by atoms with van der Waals surface area (Å²) in [6.07, 6.45) is -0.244. The molecule has 1 heterocycles. The van der Waals surface area contributed by atoms with Crippen LogP contribution in [0.15, 0.2) is 30.3 Å². The summed E-state index contributed by atoms with van der Waals surface area (Å²) in [6, 6.07) is 9.97. The van der Waals surface area contributed by atoms with E-state index in [0.29, 0.717) is 19.7 Å². The Morgan fingerprint density at radius 3 is 2.82 bits per heavy atom. The van der Waals surface area contributed by atoms with Gasteiger partial charge in [0, 0.05) is 19.0 Å². The van der Waals surface area contributed by atoms with Crippen LogP contribution in [0.4, 0.5) is 4.79 Å². The summed E-state index contributed by atoms with van der Waals surface area (Å²) in [5.74, 6) is 0.235. The monoisotopic (exact) mass is 234 g/mol. The molecule has 1 aromatic rings. The van der Waals surface area contributed by atoms with E-state index in [-0.39, 0.29) is 18.1 Å². The van der Waals surface area contributed by atoms with Crippen LogP contribution in [-0.2, 0) is 4.74 Å². The van der Waals surface area contributed by atoms with Crippen molar-refractivity contribution in [1.29, 1.82) is 0 Å². The first-order chi connectivity index (χ1) is 8.22. The van der Waals surface area contributed by atoms with Gasteiger partial charge in [-0.25, -0.2) is 4.79 Å². The maximum atomic E-state index is 11.7. The molecule has 1 saturated heterocycles. The van der Waals surface area contributed by atoms with E-state index in [9.17, 15) is 4.79 Å². The summed E-state index contributed by atoms with van der Waals surface area (Å²) >= 11 is 0. The second-order valence-electron chi connectivity index (χ2n) is 4.42. The zero-order chi connectivity index (χ0) is 12.3. The van der Waals surface area contributed by atoms with E-state index in [1.165, 1.54) is 0 Å². The Labute approximate surface area is 101 Å². The van der Waals surface area contributed by atoms with Crippen molar-refractivity contribution in [3.05, 3.63) is 35.9 Å². The largest absolute Gasteiger partial charge is 0.449 e. The number of ether oxygens (including phenoxy) is 1. The SMILES string of the molecule is CC(c1ccccc1)N1CC(CN)COC1=O. The van der Waals surface area contributed by atoms with Crippen molar-refractivity contribution in [3.63, 3.8) is 0 Å². The lowest BCUT2D eigenvalue weighted by molar-refractivity contribution is 0.0310. The lowest BCUT2D eigenvalue weighted by Crippen LogP contribution is -2.46. The highest BCUT2D eigenvalue weighted by atomic mass is 16.6. The van der Waals surface area contributed by atoms with E-state index in [2.05, 4.69) is 0 Å². The average molecular weight is 234 g/mol. The van der Waals surface area contributed by atoms with Crippen LogP contribution in [0.25, 0.3) is 0 Å². The fraction of sp³-hybridized carbons (Fsp3) is 0.462. The first-order valence-electron chi connectivity index (χ1n) is 5.90. The maximum absolute atomic E-state index is 11.7. The zero-order valence-electron chi connectivity index (χ0n) is 10.0. The van der Waals surface area contributed by atoms with Crippen molar-refractivity contribution in [2.24, 2.45) is 11.7 Å². The van der Waals surface area contributed by atoms with E-state index in [1.807, 2.05) is 37.3 Å². The molecule has 0 radical (unpaired) electrons. The fourth-order valence-corrected chi connectivity index (χ4v) is 2.05. The second-order valence-corrected chi connectivity index (χ2v) is 4.42. The molecule has 1 aromatic carbocycles. The molecule has 1 aliphatic heterocycles. The van der Waals surface area contributed by atoms with Crippen molar-refractivity contribution < 1.29 is 9.53 Å². The highest BCUT2D eigenvalue weighted by Gasteiger charge is 2.30. The molecular weight excluding hydrogens is 216 g/mol. The summed E-state index contributed by atoms with van der Waals surface area (Å²) in [4.78, 5) is 13.5. The number of hydrogen-bond acceptors (Lipinski definition) is 3. The Morgan fingerprint density at radius 1 is 1.47 bits per heavy atom. The van der Waals surface area contributed by atoms with Gasteiger partial charge in [-0.1, -0.05) is 30.3 Å². The third kappa shape index (κ3) is 2.58. The van der Waals surface area contributed by atoms with Gasteiger partial charge in [0.25, 0.3) is 0 Å². The lowest BCUT2D eigenvalue weighted by Gasteiger charge is -2.35. The van der Waals surface area contributed by atoms with Gasteiger partial charge in [0.1, 0.15) is 0 Å². The van der Waals surface area contributed by atoms with Gasteiger partial charge in [-0.2, -0.15) is 0 Å². The lowest BCUT2D eigenvalue weighted by atomic mass is 10.0. The van der Waals surface area contributed by atoms with E-state index < -0.39 is 0 Å². The Morgan fingerprint density at radius 2 is 2.18 bits per heavy atom. The number of rotatable bonds is 3. The van der Waals surface area contributed by atoms with Crippen LogP contribution >= 0.6 is 0 Å². The predicted molar refractivity (Wildman–Crippen MR) is 65.5 cm³/mol. The first kappa shape index (κ1) is 11.9. The van der Waals surface area contributed by atoms with Gasteiger partial charge in [0.2, 0.25) is 0 Å². The van der Waals surface area contributed by atoms with Crippen LogP contribution in [0.1, 0.15) is 18.5 Å². The normalized spacial score (nSPS) is 22.1. The molecule has 2 N–H and O–H groups in total. The molecule has 0 saturated carbocycles. The van der Waals surface area contributed by atoms with Gasteiger partial charge < -0.3 is 15.4 Å². The van der Waals surface area contributed by atoms with Gasteiger partial charge in [-0.15, -0.1) is 0 Å². The quantitative estimate of drug-likeness (QED) is 0.867. The molecule has 0 aromatic heterocycles. The maximum Gasteiger partial charge on any atom is 0.410 e. The highest BCUT2D eigenvalue weighted by Crippen LogP contribution is 2.24. The van der Waals surface area contributed by atoms with Crippen LogP contribution in [0, 0.1) is 5.92 Å². The van der Waals surface area contributed by atoms with Crippen LogP contribution in [0.5, 0.6) is 0 Å². The summed E-state index contributed by atoms with van der Waals surface area (Å²) in [5, 5.41) is 0. The first-order valence-corrected chi connectivity index (χ1v) is 5.90. The number of nitrogens with zero attached hydrogens (tertiary/aromatic N) is 1. The van der Waals surface area contributed by atoms with E-state index in [0.717, 1.165) is 5.56 Å². The van der Waals surface area contributed by atoms with E-state index >= 15 is 0 Å². The third-order valence-electron chi connectivity index (χ3n) is 3.21. The number of nitrogens with two attached hydrogens (primary N) is 1. The molecule has 4 nitrogen and oxygen atoms in total. The second kappa shape index (κ2) is 5.19. The zero-order valence-corrected chi connectivity index (χ0v) is 10.0. The molecule has 2 unspecified atom stereocenters. The molecule has 1 aliphatic rings. The van der Waals surface area contributed by atoms with Gasteiger partial charge >= 0.3 is 6.09 Å². The summed E-state index contributed by atoms with van der Waals surface area (Å²) in [6.45, 7) is 3.67. The number of amides is 1. The Hall–Kier alpha value is -1.55. The van der Waals surface area contributed by atoms with E-state index in [4.69, 9.17) is 10.5 Å². The van der Waals surface area contributed by atoms with Crippen LogP contribution in [0.3, 0.4) is 0 Å². The van der Waals surface area contributed by atoms with Gasteiger partial charge in [-0.3, -0.25) is 0 Å². The Bertz CT molecular complexity index is 380. The average Bonchev–Trinajstić information content (AvgIpc) is 2.39. The molecule has 4 heteroatoms. The van der Waals surface area contributed by atoms with Crippen LogP contribution in [-0.4, -0.2) is 30.7 Å². The van der Waals surface area contributed by atoms with Crippen molar-refractivity contribution >= 4 is 6.09 Å². The molecule has 0 spiro atoms. The summed E-state index contributed by atoms with van der Waals surface area (Å²) in [7, 11) is 0. The molecule has 1 fully saturated rings. The van der Waals surface area contributed by atoms with Crippen LogP contribution < -0.4 is 5.73 Å². The topological polar surface area (TPSA) is 55.6 Å². The fourth-order valence-electron chi connectivity index (χ4n) is 2.05. The standard InChI is InChI=1S/C13H18N2O2/c1-10(12-5-3-2-4-6-12)15-8-11(7-14)9-17-13(15)16/h2-6,10-11H,7-9,14H2,1H3. The molecule has 0 aliphatic carbocycles. The summed E-state index contributed by atoms with van der Waals surface area (Å²) < 4.78 is 5.14. The molecule has 92 valence electrons. The summed E-state index contributed by atoms with van der Waals surface area (Å²) in [5.41, 5.74) is 6.74. The van der Waals surface area contributed by atoms with Gasteiger partial charge in [0.05, 0.1) is 12.6 Å². The molecule has 1 amide bonds. The number of carbonyl (C=O) groups excluding carboxylic acids is 1. The number of hydrogen-bond donors (Lipinski definition) is 1. The van der Waals surface area contributed by atoms with Crippen molar-refractivity contribution in [2.45, 2.75) is 13.0 Å². The number of benzene rings is 1. The minimum Gasteiger partial charge on any atom is -0.449 e. The Balaban J connectivity index is 2.12. The van der Waals surface area contributed by atoms with E-state index in [1.54, 1.807) is 4.90 Å². The van der Waals surface area contributed by atoms with Gasteiger partial charge in [-0.05, 0) is 12.5 Å². The van der Waals surface area contributed by atoms with Gasteiger partial charge in [0.15, 0.2) is 0 Å². The third-order valence-corrected chi connectivity index (χ3v) is 3.21. The Kier molecular flexibility index (Phi) is 3.64.